The fourth-order valence-corrected chi connectivity index (χ4v) is 2.78. The summed E-state index contributed by atoms with van der Waals surface area (Å²) in [6, 6.07) is 24.4. The van der Waals surface area contributed by atoms with Crippen LogP contribution in [0.1, 0.15) is 22.8 Å². The zero-order valence-corrected chi connectivity index (χ0v) is 17.5. The van der Waals surface area contributed by atoms with Crippen molar-refractivity contribution in [1.29, 1.82) is 5.26 Å². The average molecular weight is 430 g/mol. The van der Waals surface area contributed by atoms with E-state index in [2.05, 4.69) is 5.32 Å². The topological polar surface area (TPSA) is 97.7 Å². The summed E-state index contributed by atoms with van der Waals surface area (Å²) in [7, 11) is 0. The van der Waals surface area contributed by atoms with Gasteiger partial charge in [-0.2, -0.15) is 5.26 Å². The van der Waals surface area contributed by atoms with Crippen molar-refractivity contribution in [1.82, 2.24) is 0 Å². The van der Waals surface area contributed by atoms with Gasteiger partial charge in [0.15, 0.2) is 6.10 Å². The average Bonchev–Trinajstić information content (AvgIpc) is 2.82. The van der Waals surface area contributed by atoms with Crippen molar-refractivity contribution in [2.75, 3.05) is 18.5 Å². The molecular weight excluding hydrogens is 408 g/mol. The molecule has 1 atom stereocenters. The molecule has 0 aliphatic heterocycles. The first-order valence-electron chi connectivity index (χ1n) is 9.98. The van der Waals surface area contributed by atoms with Crippen LogP contribution < -0.4 is 14.8 Å². The third-order valence-electron chi connectivity index (χ3n) is 4.37. The van der Waals surface area contributed by atoms with Gasteiger partial charge in [-0.25, -0.2) is 4.79 Å². The number of nitrogens with zero attached hydrogens (tertiary/aromatic N) is 1. The van der Waals surface area contributed by atoms with E-state index in [4.69, 9.17) is 19.5 Å². The molecule has 0 saturated heterocycles. The lowest BCUT2D eigenvalue weighted by molar-refractivity contribution is -0.123. The van der Waals surface area contributed by atoms with Crippen molar-refractivity contribution in [2.24, 2.45) is 0 Å². The molecule has 0 aliphatic carbocycles. The van der Waals surface area contributed by atoms with E-state index in [-0.39, 0.29) is 12.2 Å². The van der Waals surface area contributed by atoms with E-state index in [1.807, 2.05) is 36.4 Å². The minimum absolute atomic E-state index is 0.207. The second-order valence-electron chi connectivity index (χ2n) is 6.74. The van der Waals surface area contributed by atoms with E-state index in [0.717, 1.165) is 5.75 Å². The molecule has 0 fully saturated rings. The van der Waals surface area contributed by atoms with E-state index >= 15 is 0 Å². The maximum absolute atomic E-state index is 12.6. The number of nitrogens with one attached hydrogen (secondary N) is 1. The molecule has 162 valence electrons. The largest absolute Gasteiger partial charge is 0.490 e. The summed E-state index contributed by atoms with van der Waals surface area (Å²) in [6.07, 6.45) is -1.05. The first kappa shape index (κ1) is 22.4. The Labute approximate surface area is 186 Å². The number of carbonyl (C=O) groups excluding carboxylic acids is 2. The molecule has 7 heteroatoms. The Morgan fingerprint density at radius 2 is 1.66 bits per heavy atom. The quantitative estimate of drug-likeness (QED) is 0.404. The Morgan fingerprint density at radius 1 is 0.938 bits per heavy atom. The molecule has 3 aromatic rings. The summed E-state index contributed by atoms with van der Waals surface area (Å²) in [5.74, 6) is -0.131. The molecular formula is C25H22N2O5. The normalized spacial score (nSPS) is 11.0. The Morgan fingerprint density at radius 3 is 2.44 bits per heavy atom. The van der Waals surface area contributed by atoms with Crippen LogP contribution >= 0.6 is 0 Å². The number of carbonyl (C=O) groups is 2. The summed E-state index contributed by atoms with van der Waals surface area (Å²) in [6.45, 7) is 2.00. The monoisotopic (exact) mass is 430 g/mol. The maximum Gasteiger partial charge on any atom is 0.342 e. The number of rotatable bonds is 9. The van der Waals surface area contributed by atoms with Crippen LogP contribution in [-0.4, -0.2) is 31.2 Å². The second kappa shape index (κ2) is 11.2. The van der Waals surface area contributed by atoms with Crippen molar-refractivity contribution in [3.8, 4) is 17.6 Å². The maximum atomic E-state index is 12.6. The van der Waals surface area contributed by atoms with Crippen LogP contribution in [0.4, 0.5) is 5.69 Å². The van der Waals surface area contributed by atoms with Gasteiger partial charge in [-0.3, -0.25) is 4.79 Å². The smallest absolute Gasteiger partial charge is 0.342 e. The molecule has 0 aromatic heterocycles. The molecule has 3 rings (SSSR count). The Kier molecular flexibility index (Phi) is 7.82. The molecule has 0 saturated carbocycles. The SMILES string of the molecule is CC(OC(=O)c1ccccc1OCCOc1ccccc1)C(=O)Nc1cccc(C#N)c1. The van der Waals surface area contributed by atoms with Gasteiger partial charge < -0.3 is 19.5 Å². The summed E-state index contributed by atoms with van der Waals surface area (Å²) in [5.41, 5.74) is 1.06. The molecule has 1 amide bonds. The molecule has 1 N–H and O–H groups in total. The Balaban J connectivity index is 1.55. The molecule has 3 aromatic carbocycles. The standard InChI is InChI=1S/C25H22N2O5/c1-18(24(28)27-20-9-7-8-19(16-20)17-26)32-25(29)22-12-5-6-13-23(22)31-15-14-30-21-10-3-2-4-11-21/h2-13,16,18H,14-15H2,1H3,(H,27,28). The summed E-state index contributed by atoms with van der Waals surface area (Å²) < 4.78 is 16.6. The molecule has 0 heterocycles. The highest BCUT2D eigenvalue weighted by Gasteiger charge is 2.21. The molecule has 1 unspecified atom stereocenters. The minimum Gasteiger partial charge on any atom is -0.490 e. The third kappa shape index (κ3) is 6.34. The summed E-state index contributed by atoms with van der Waals surface area (Å²) >= 11 is 0. The van der Waals surface area contributed by atoms with Crippen molar-refractivity contribution in [3.63, 3.8) is 0 Å². The van der Waals surface area contributed by atoms with E-state index < -0.39 is 18.0 Å². The van der Waals surface area contributed by atoms with Gasteiger partial charge in [-0.05, 0) is 49.4 Å². The number of ether oxygens (including phenoxy) is 3. The fraction of sp³-hybridized carbons (Fsp3) is 0.160. The highest BCUT2D eigenvalue weighted by Crippen LogP contribution is 2.20. The number of amides is 1. The van der Waals surface area contributed by atoms with Gasteiger partial charge in [0, 0.05) is 5.69 Å². The van der Waals surface area contributed by atoms with Crippen LogP contribution in [0.2, 0.25) is 0 Å². The van der Waals surface area contributed by atoms with Crippen molar-refractivity contribution in [3.05, 3.63) is 90.0 Å². The van der Waals surface area contributed by atoms with Crippen LogP contribution in [0.25, 0.3) is 0 Å². The van der Waals surface area contributed by atoms with Gasteiger partial charge >= 0.3 is 5.97 Å². The van der Waals surface area contributed by atoms with Crippen LogP contribution in [0.5, 0.6) is 11.5 Å². The predicted molar refractivity (Wildman–Crippen MR) is 119 cm³/mol. The zero-order valence-electron chi connectivity index (χ0n) is 17.5. The van der Waals surface area contributed by atoms with Crippen molar-refractivity contribution < 1.29 is 23.8 Å². The number of nitriles is 1. The van der Waals surface area contributed by atoms with Crippen LogP contribution in [0.15, 0.2) is 78.9 Å². The zero-order chi connectivity index (χ0) is 22.8. The lowest BCUT2D eigenvalue weighted by atomic mass is 10.2. The molecule has 7 nitrogen and oxygen atoms in total. The fourth-order valence-electron chi connectivity index (χ4n) is 2.78. The second-order valence-corrected chi connectivity index (χ2v) is 6.74. The Hall–Kier alpha value is -4.31. The van der Waals surface area contributed by atoms with Gasteiger partial charge in [-0.15, -0.1) is 0 Å². The van der Waals surface area contributed by atoms with Crippen molar-refractivity contribution in [2.45, 2.75) is 13.0 Å². The highest BCUT2D eigenvalue weighted by atomic mass is 16.6. The highest BCUT2D eigenvalue weighted by molar-refractivity contribution is 5.98. The van der Waals surface area contributed by atoms with E-state index in [0.29, 0.717) is 23.6 Å². The van der Waals surface area contributed by atoms with Gasteiger partial charge in [0.1, 0.15) is 30.3 Å². The number of anilines is 1. The number of esters is 1. The van der Waals surface area contributed by atoms with Gasteiger partial charge in [0.05, 0.1) is 11.6 Å². The lowest BCUT2D eigenvalue weighted by Gasteiger charge is -2.15. The summed E-state index contributed by atoms with van der Waals surface area (Å²) in [5, 5.41) is 11.6. The number of hydrogen-bond acceptors (Lipinski definition) is 6. The minimum atomic E-state index is -1.05. The van der Waals surface area contributed by atoms with Crippen LogP contribution in [0, 0.1) is 11.3 Å². The molecule has 0 bridgehead atoms. The molecule has 0 aliphatic rings. The first-order valence-corrected chi connectivity index (χ1v) is 9.98. The van der Waals surface area contributed by atoms with Crippen LogP contribution in [0.3, 0.4) is 0 Å². The van der Waals surface area contributed by atoms with Gasteiger partial charge in [0.2, 0.25) is 0 Å². The van der Waals surface area contributed by atoms with Crippen molar-refractivity contribution >= 4 is 17.6 Å². The predicted octanol–water partition coefficient (Wildman–Crippen LogP) is 4.20. The van der Waals surface area contributed by atoms with Gasteiger partial charge in [0.25, 0.3) is 5.91 Å². The third-order valence-corrected chi connectivity index (χ3v) is 4.37. The molecule has 0 radical (unpaired) electrons. The molecule has 0 spiro atoms. The van der Waals surface area contributed by atoms with E-state index in [1.54, 1.807) is 42.5 Å². The number of benzene rings is 3. The Bertz CT molecular complexity index is 1110. The van der Waals surface area contributed by atoms with E-state index in [1.165, 1.54) is 13.0 Å². The first-order chi connectivity index (χ1) is 15.6. The molecule has 32 heavy (non-hydrogen) atoms. The number of hydrogen-bond donors (Lipinski definition) is 1. The van der Waals surface area contributed by atoms with E-state index in [9.17, 15) is 9.59 Å². The number of para-hydroxylation sites is 2. The lowest BCUT2D eigenvalue weighted by Crippen LogP contribution is -2.30. The van der Waals surface area contributed by atoms with Crippen LogP contribution in [-0.2, 0) is 9.53 Å². The summed E-state index contributed by atoms with van der Waals surface area (Å²) in [4.78, 5) is 25.0. The van der Waals surface area contributed by atoms with Gasteiger partial charge in [-0.1, -0.05) is 36.4 Å².